The minimum atomic E-state index is -0.0923. The standard InChI is InChI=1S/C16H22N4O2/c1-13-10-15(18-16(21)11-17-8-9-22-2)20(19-13)12-14-6-4-3-5-7-14/h3-7,10,17H,8-9,11-12H2,1-2H3,(H,18,21). The first kappa shape index (κ1) is 16.2. The molecule has 0 unspecified atom stereocenters. The third kappa shape index (κ3) is 4.98. The fraction of sp³-hybridized carbons (Fsp3) is 0.375. The summed E-state index contributed by atoms with van der Waals surface area (Å²) in [5, 5.41) is 10.3. The summed E-state index contributed by atoms with van der Waals surface area (Å²) < 4.78 is 6.73. The first-order chi connectivity index (χ1) is 10.7. The number of ether oxygens (including phenoxy) is 1. The average Bonchev–Trinajstić information content (AvgIpc) is 2.84. The number of amides is 1. The summed E-state index contributed by atoms with van der Waals surface area (Å²) in [5.74, 6) is 0.616. The number of anilines is 1. The number of methoxy groups -OCH3 is 1. The largest absolute Gasteiger partial charge is 0.383 e. The number of benzene rings is 1. The van der Waals surface area contributed by atoms with E-state index in [-0.39, 0.29) is 12.5 Å². The Balaban J connectivity index is 1.95. The molecule has 0 saturated carbocycles. The molecule has 1 aromatic carbocycles. The molecule has 0 atom stereocenters. The highest BCUT2D eigenvalue weighted by atomic mass is 16.5. The van der Waals surface area contributed by atoms with E-state index in [0.29, 0.717) is 25.5 Å². The fourth-order valence-corrected chi connectivity index (χ4v) is 2.09. The molecule has 6 heteroatoms. The Labute approximate surface area is 130 Å². The molecule has 0 saturated heterocycles. The number of carbonyl (C=O) groups is 1. The second-order valence-corrected chi connectivity index (χ2v) is 5.03. The molecule has 2 N–H and O–H groups in total. The van der Waals surface area contributed by atoms with Crippen LogP contribution >= 0.6 is 0 Å². The van der Waals surface area contributed by atoms with Crippen molar-refractivity contribution >= 4 is 11.7 Å². The van der Waals surface area contributed by atoms with E-state index < -0.39 is 0 Å². The van der Waals surface area contributed by atoms with Crippen LogP contribution in [0.4, 0.5) is 5.82 Å². The van der Waals surface area contributed by atoms with Gasteiger partial charge in [0.25, 0.3) is 0 Å². The highest BCUT2D eigenvalue weighted by Gasteiger charge is 2.09. The minimum Gasteiger partial charge on any atom is -0.383 e. The van der Waals surface area contributed by atoms with Crippen LogP contribution in [-0.2, 0) is 16.1 Å². The molecule has 0 aliphatic carbocycles. The van der Waals surface area contributed by atoms with Gasteiger partial charge < -0.3 is 15.4 Å². The molecule has 1 heterocycles. The Morgan fingerprint density at radius 1 is 1.32 bits per heavy atom. The van der Waals surface area contributed by atoms with Crippen LogP contribution in [0.15, 0.2) is 36.4 Å². The van der Waals surface area contributed by atoms with Crippen LogP contribution in [0.3, 0.4) is 0 Å². The first-order valence-corrected chi connectivity index (χ1v) is 7.27. The number of hydrogen-bond donors (Lipinski definition) is 2. The van der Waals surface area contributed by atoms with Gasteiger partial charge in [-0.15, -0.1) is 0 Å². The molecule has 0 aliphatic rings. The fourth-order valence-electron chi connectivity index (χ4n) is 2.09. The number of carbonyl (C=O) groups excluding carboxylic acids is 1. The van der Waals surface area contributed by atoms with Gasteiger partial charge in [0.1, 0.15) is 5.82 Å². The number of aryl methyl sites for hydroxylation is 1. The molecule has 6 nitrogen and oxygen atoms in total. The van der Waals surface area contributed by atoms with Crippen LogP contribution in [-0.4, -0.2) is 42.5 Å². The SMILES string of the molecule is COCCNCC(=O)Nc1cc(C)nn1Cc1ccccc1. The van der Waals surface area contributed by atoms with Crippen molar-refractivity contribution in [1.82, 2.24) is 15.1 Å². The number of nitrogens with one attached hydrogen (secondary N) is 2. The average molecular weight is 302 g/mol. The Morgan fingerprint density at radius 3 is 2.82 bits per heavy atom. The first-order valence-electron chi connectivity index (χ1n) is 7.27. The molecule has 0 spiro atoms. The summed E-state index contributed by atoms with van der Waals surface area (Å²) in [7, 11) is 1.63. The Kier molecular flexibility index (Phi) is 6.12. The summed E-state index contributed by atoms with van der Waals surface area (Å²) in [5.41, 5.74) is 2.01. The topological polar surface area (TPSA) is 68.2 Å². The zero-order chi connectivity index (χ0) is 15.8. The number of hydrogen-bond acceptors (Lipinski definition) is 4. The molecule has 0 fully saturated rings. The second-order valence-electron chi connectivity index (χ2n) is 5.03. The highest BCUT2D eigenvalue weighted by Crippen LogP contribution is 2.12. The van der Waals surface area contributed by atoms with Gasteiger partial charge in [-0.2, -0.15) is 5.10 Å². The maximum Gasteiger partial charge on any atom is 0.239 e. The lowest BCUT2D eigenvalue weighted by Gasteiger charge is -2.09. The molecule has 2 aromatic rings. The summed E-state index contributed by atoms with van der Waals surface area (Å²) in [4.78, 5) is 11.9. The van der Waals surface area contributed by atoms with E-state index in [1.54, 1.807) is 11.8 Å². The van der Waals surface area contributed by atoms with Gasteiger partial charge in [0.2, 0.25) is 5.91 Å². The summed E-state index contributed by atoms with van der Waals surface area (Å²) >= 11 is 0. The quantitative estimate of drug-likeness (QED) is 0.724. The van der Waals surface area contributed by atoms with Gasteiger partial charge >= 0.3 is 0 Å². The Bertz CT molecular complexity index is 595. The van der Waals surface area contributed by atoms with Crippen molar-refractivity contribution in [3.63, 3.8) is 0 Å². The number of nitrogens with zero attached hydrogens (tertiary/aromatic N) is 2. The van der Waals surface area contributed by atoms with Crippen molar-refractivity contribution in [3.8, 4) is 0 Å². The van der Waals surface area contributed by atoms with Crippen molar-refractivity contribution in [3.05, 3.63) is 47.7 Å². The predicted octanol–water partition coefficient (Wildman–Crippen LogP) is 1.41. The van der Waals surface area contributed by atoms with E-state index in [2.05, 4.69) is 15.7 Å². The van der Waals surface area contributed by atoms with Crippen LogP contribution < -0.4 is 10.6 Å². The van der Waals surface area contributed by atoms with Gasteiger partial charge in [0, 0.05) is 19.7 Å². The van der Waals surface area contributed by atoms with E-state index in [1.807, 2.05) is 43.3 Å². The normalized spacial score (nSPS) is 10.6. The monoisotopic (exact) mass is 302 g/mol. The van der Waals surface area contributed by atoms with Crippen molar-refractivity contribution in [2.75, 3.05) is 32.1 Å². The summed E-state index contributed by atoms with van der Waals surface area (Å²) in [6.07, 6.45) is 0. The Morgan fingerprint density at radius 2 is 2.09 bits per heavy atom. The molecule has 2 rings (SSSR count). The summed E-state index contributed by atoms with van der Waals surface area (Å²) in [6.45, 7) is 4.01. The van der Waals surface area contributed by atoms with Gasteiger partial charge in [-0.3, -0.25) is 4.79 Å². The molecule has 0 radical (unpaired) electrons. The molecular weight excluding hydrogens is 280 g/mol. The second kappa shape index (κ2) is 8.31. The molecule has 118 valence electrons. The lowest BCUT2D eigenvalue weighted by molar-refractivity contribution is -0.115. The maximum atomic E-state index is 11.9. The van der Waals surface area contributed by atoms with Crippen molar-refractivity contribution in [1.29, 1.82) is 0 Å². The van der Waals surface area contributed by atoms with Gasteiger partial charge in [0.05, 0.1) is 25.4 Å². The number of aromatic nitrogens is 2. The predicted molar refractivity (Wildman–Crippen MR) is 85.9 cm³/mol. The maximum absolute atomic E-state index is 11.9. The van der Waals surface area contributed by atoms with E-state index in [9.17, 15) is 4.79 Å². The lowest BCUT2D eigenvalue weighted by Crippen LogP contribution is -2.31. The molecule has 0 bridgehead atoms. The van der Waals surface area contributed by atoms with Gasteiger partial charge in [0.15, 0.2) is 0 Å². The van der Waals surface area contributed by atoms with E-state index in [1.165, 1.54) is 0 Å². The van der Waals surface area contributed by atoms with Crippen molar-refractivity contribution < 1.29 is 9.53 Å². The van der Waals surface area contributed by atoms with Crippen LogP contribution in [0, 0.1) is 6.92 Å². The molecule has 22 heavy (non-hydrogen) atoms. The third-order valence-corrected chi connectivity index (χ3v) is 3.11. The third-order valence-electron chi connectivity index (χ3n) is 3.11. The van der Waals surface area contributed by atoms with E-state index in [0.717, 1.165) is 11.3 Å². The molecular formula is C16H22N4O2. The Hall–Kier alpha value is -2.18. The van der Waals surface area contributed by atoms with Crippen LogP contribution in [0.2, 0.25) is 0 Å². The molecule has 0 aliphatic heterocycles. The minimum absolute atomic E-state index is 0.0923. The molecule has 1 aromatic heterocycles. The van der Waals surface area contributed by atoms with E-state index in [4.69, 9.17) is 4.74 Å². The van der Waals surface area contributed by atoms with Crippen molar-refractivity contribution in [2.45, 2.75) is 13.5 Å². The van der Waals surface area contributed by atoms with Gasteiger partial charge in [-0.25, -0.2) is 4.68 Å². The summed E-state index contributed by atoms with van der Waals surface area (Å²) in [6, 6.07) is 11.9. The van der Waals surface area contributed by atoms with Crippen LogP contribution in [0.5, 0.6) is 0 Å². The smallest absolute Gasteiger partial charge is 0.239 e. The van der Waals surface area contributed by atoms with Crippen LogP contribution in [0.25, 0.3) is 0 Å². The highest BCUT2D eigenvalue weighted by molar-refractivity contribution is 5.91. The van der Waals surface area contributed by atoms with Gasteiger partial charge in [-0.05, 0) is 12.5 Å². The van der Waals surface area contributed by atoms with E-state index >= 15 is 0 Å². The zero-order valence-corrected chi connectivity index (χ0v) is 13.0. The van der Waals surface area contributed by atoms with Crippen molar-refractivity contribution in [2.24, 2.45) is 0 Å². The zero-order valence-electron chi connectivity index (χ0n) is 13.0. The lowest BCUT2D eigenvalue weighted by atomic mass is 10.2. The molecule has 1 amide bonds. The van der Waals surface area contributed by atoms with Crippen LogP contribution in [0.1, 0.15) is 11.3 Å². The number of rotatable bonds is 8. The van der Waals surface area contributed by atoms with Gasteiger partial charge in [-0.1, -0.05) is 30.3 Å².